The van der Waals surface area contributed by atoms with Crippen LogP contribution in [0.5, 0.6) is 0 Å². The maximum Gasteiger partial charge on any atom is 0.453 e. The summed E-state index contributed by atoms with van der Waals surface area (Å²) in [5.41, 5.74) is -2.47. The summed E-state index contributed by atoms with van der Waals surface area (Å²) in [5.74, 6) is -4.05. The Kier molecular flexibility index (Phi) is 5.57. The first-order chi connectivity index (χ1) is 15.8. The molecule has 0 spiro atoms. The van der Waals surface area contributed by atoms with Gasteiger partial charge in [-0.2, -0.15) is 22.0 Å². The standard InChI is InChI=1S/C25H25F5N4/c1-22(2,23(3,4)24(26,27)25(28,29)30)19-15-31-20-21(32-19)34(18-13-9-6-10-14-18)16-33(20)17-11-7-5-8-12-17/h5-15H,16H2,1-4H3. The maximum absolute atomic E-state index is 14.6. The molecule has 0 atom stereocenters. The predicted octanol–water partition coefficient (Wildman–Crippen LogP) is 7.23. The van der Waals surface area contributed by atoms with Crippen LogP contribution < -0.4 is 9.80 Å². The molecule has 180 valence electrons. The van der Waals surface area contributed by atoms with E-state index in [1.165, 1.54) is 20.0 Å². The molecule has 0 aliphatic carbocycles. The zero-order valence-electron chi connectivity index (χ0n) is 19.2. The molecular formula is C25H25F5N4. The molecule has 34 heavy (non-hydrogen) atoms. The second kappa shape index (κ2) is 7.92. The van der Waals surface area contributed by atoms with Crippen LogP contribution in [-0.4, -0.2) is 28.7 Å². The van der Waals surface area contributed by atoms with E-state index >= 15 is 0 Å². The van der Waals surface area contributed by atoms with Gasteiger partial charge in [-0.1, -0.05) is 64.1 Å². The lowest BCUT2D eigenvalue weighted by molar-refractivity contribution is -0.330. The minimum Gasteiger partial charge on any atom is -0.305 e. The van der Waals surface area contributed by atoms with Gasteiger partial charge in [0.25, 0.3) is 0 Å². The first-order valence-corrected chi connectivity index (χ1v) is 10.8. The number of anilines is 4. The summed E-state index contributed by atoms with van der Waals surface area (Å²) in [4.78, 5) is 12.9. The molecule has 1 aliphatic rings. The number of halogens is 5. The largest absolute Gasteiger partial charge is 0.453 e. The van der Waals surface area contributed by atoms with Crippen LogP contribution in [0.4, 0.5) is 45.0 Å². The lowest BCUT2D eigenvalue weighted by atomic mass is 9.62. The Morgan fingerprint density at radius 3 is 1.65 bits per heavy atom. The number of benzene rings is 2. The molecule has 1 aromatic heterocycles. The monoisotopic (exact) mass is 476 g/mol. The minimum absolute atomic E-state index is 0.0519. The summed E-state index contributed by atoms with van der Waals surface area (Å²) >= 11 is 0. The van der Waals surface area contributed by atoms with Crippen molar-refractivity contribution in [1.29, 1.82) is 0 Å². The number of nitrogens with zero attached hydrogens (tertiary/aromatic N) is 4. The number of para-hydroxylation sites is 2. The van der Waals surface area contributed by atoms with Gasteiger partial charge in [-0.15, -0.1) is 0 Å². The first-order valence-electron chi connectivity index (χ1n) is 10.8. The van der Waals surface area contributed by atoms with E-state index < -0.39 is 22.9 Å². The van der Waals surface area contributed by atoms with Gasteiger partial charge in [0.1, 0.15) is 6.67 Å². The molecule has 0 amide bonds. The fourth-order valence-corrected chi connectivity index (χ4v) is 4.01. The van der Waals surface area contributed by atoms with Crippen LogP contribution >= 0.6 is 0 Å². The fraction of sp³-hybridized carbons (Fsp3) is 0.360. The van der Waals surface area contributed by atoms with E-state index in [4.69, 9.17) is 0 Å². The SMILES string of the molecule is CC(C)(c1cnc2c(n1)N(c1ccccc1)CN2c1ccccc1)C(C)(C)C(F)(F)C(F)(F)F. The third kappa shape index (κ3) is 3.58. The lowest BCUT2D eigenvalue weighted by Gasteiger charge is -2.46. The van der Waals surface area contributed by atoms with Crippen molar-refractivity contribution in [2.75, 3.05) is 16.5 Å². The number of aromatic nitrogens is 2. The average Bonchev–Trinajstić information content (AvgIpc) is 3.18. The number of fused-ring (bicyclic) bond motifs is 1. The number of alkyl halides is 5. The Hall–Kier alpha value is -3.23. The van der Waals surface area contributed by atoms with E-state index in [1.807, 2.05) is 70.5 Å². The van der Waals surface area contributed by atoms with Gasteiger partial charge in [0.2, 0.25) is 0 Å². The van der Waals surface area contributed by atoms with Gasteiger partial charge >= 0.3 is 12.1 Å². The number of hydrogen-bond donors (Lipinski definition) is 0. The lowest BCUT2D eigenvalue weighted by Crippen LogP contribution is -2.57. The van der Waals surface area contributed by atoms with Gasteiger partial charge in [-0.3, -0.25) is 0 Å². The van der Waals surface area contributed by atoms with Crippen LogP contribution in [0.2, 0.25) is 0 Å². The summed E-state index contributed by atoms with van der Waals surface area (Å²) in [5, 5.41) is 0. The van der Waals surface area contributed by atoms with Gasteiger partial charge < -0.3 is 9.80 Å². The van der Waals surface area contributed by atoms with E-state index in [9.17, 15) is 22.0 Å². The Bertz CT molecular complexity index is 1160. The molecule has 0 bridgehead atoms. The van der Waals surface area contributed by atoms with Crippen molar-refractivity contribution in [3.63, 3.8) is 0 Å². The average molecular weight is 476 g/mol. The molecular weight excluding hydrogens is 451 g/mol. The Labute approximate surface area is 195 Å². The van der Waals surface area contributed by atoms with Gasteiger partial charge in [-0.05, 0) is 24.3 Å². The third-order valence-electron chi connectivity index (χ3n) is 7.01. The molecule has 4 nitrogen and oxygen atoms in total. The molecule has 0 saturated heterocycles. The minimum atomic E-state index is -5.70. The first kappa shape index (κ1) is 23.9. The molecule has 2 aromatic carbocycles. The van der Waals surface area contributed by atoms with Crippen LogP contribution in [0.1, 0.15) is 33.4 Å². The molecule has 0 saturated carbocycles. The molecule has 0 radical (unpaired) electrons. The van der Waals surface area contributed by atoms with Crippen molar-refractivity contribution < 1.29 is 22.0 Å². The Morgan fingerprint density at radius 2 is 1.18 bits per heavy atom. The van der Waals surface area contributed by atoms with Crippen LogP contribution in [-0.2, 0) is 5.41 Å². The molecule has 0 fully saturated rings. The molecule has 9 heteroatoms. The topological polar surface area (TPSA) is 32.3 Å². The van der Waals surface area contributed by atoms with Crippen LogP contribution in [0.3, 0.4) is 0 Å². The maximum atomic E-state index is 14.6. The normalized spacial score (nSPS) is 15.0. The second-order valence-electron chi connectivity index (χ2n) is 9.39. The van der Waals surface area contributed by atoms with Gasteiger partial charge in [-0.25, -0.2) is 9.97 Å². The molecule has 0 unspecified atom stereocenters. The molecule has 2 heterocycles. The van der Waals surface area contributed by atoms with Crippen LogP contribution in [0, 0.1) is 5.41 Å². The zero-order chi connectivity index (χ0) is 24.9. The van der Waals surface area contributed by atoms with Gasteiger partial charge in [0.15, 0.2) is 11.6 Å². The van der Waals surface area contributed by atoms with Crippen molar-refractivity contribution in [2.45, 2.75) is 45.2 Å². The highest BCUT2D eigenvalue weighted by Crippen LogP contribution is 2.57. The van der Waals surface area contributed by atoms with Crippen molar-refractivity contribution in [2.24, 2.45) is 5.41 Å². The summed E-state index contributed by atoms with van der Waals surface area (Å²) in [6, 6.07) is 18.8. The summed E-state index contributed by atoms with van der Waals surface area (Å²) in [7, 11) is 0. The van der Waals surface area contributed by atoms with Gasteiger partial charge in [0, 0.05) is 22.2 Å². The van der Waals surface area contributed by atoms with Crippen molar-refractivity contribution in [3.8, 4) is 0 Å². The smallest absolute Gasteiger partial charge is 0.305 e. The summed E-state index contributed by atoms with van der Waals surface area (Å²) in [6.45, 7) is 4.89. The number of rotatable bonds is 5. The Balaban J connectivity index is 1.84. The zero-order valence-corrected chi connectivity index (χ0v) is 19.2. The van der Waals surface area contributed by atoms with Crippen LogP contribution in [0.25, 0.3) is 0 Å². The van der Waals surface area contributed by atoms with Crippen molar-refractivity contribution in [3.05, 3.63) is 72.6 Å². The highest BCUT2D eigenvalue weighted by Gasteiger charge is 2.70. The van der Waals surface area contributed by atoms with Crippen molar-refractivity contribution in [1.82, 2.24) is 9.97 Å². The second-order valence-corrected chi connectivity index (χ2v) is 9.39. The molecule has 1 aliphatic heterocycles. The predicted molar refractivity (Wildman–Crippen MR) is 122 cm³/mol. The third-order valence-corrected chi connectivity index (χ3v) is 7.01. The Morgan fingerprint density at radius 1 is 0.706 bits per heavy atom. The van der Waals surface area contributed by atoms with E-state index in [0.29, 0.717) is 18.3 Å². The van der Waals surface area contributed by atoms with E-state index in [2.05, 4.69) is 9.97 Å². The van der Waals surface area contributed by atoms with Crippen LogP contribution in [0.15, 0.2) is 66.9 Å². The quantitative estimate of drug-likeness (QED) is 0.364. The summed E-state index contributed by atoms with van der Waals surface area (Å²) < 4.78 is 69.1. The summed E-state index contributed by atoms with van der Waals surface area (Å²) in [6.07, 6.45) is -4.39. The highest BCUT2D eigenvalue weighted by molar-refractivity contribution is 5.81. The van der Waals surface area contributed by atoms with Gasteiger partial charge in [0.05, 0.1) is 11.9 Å². The molecule has 0 N–H and O–H groups in total. The molecule has 3 aromatic rings. The van der Waals surface area contributed by atoms with E-state index in [0.717, 1.165) is 25.2 Å². The van der Waals surface area contributed by atoms with E-state index in [-0.39, 0.29) is 5.69 Å². The highest BCUT2D eigenvalue weighted by atomic mass is 19.4. The number of hydrogen-bond acceptors (Lipinski definition) is 4. The van der Waals surface area contributed by atoms with E-state index in [1.54, 1.807) is 0 Å². The fourth-order valence-electron chi connectivity index (χ4n) is 4.01. The van der Waals surface area contributed by atoms with Crippen molar-refractivity contribution >= 4 is 23.0 Å². The molecule has 4 rings (SSSR count).